The summed E-state index contributed by atoms with van der Waals surface area (Å²) < 4.78 is 38.9. The number of nitrogens with zero attached hydrogens (tertiary/aromatic N) is 1. The summed E-state index contributed by atoms with van der Waals surface area (Å²) in [4.78, 5) is 5.88. The van der Waals surface area contributed by atoms with Gasteiger partial charge in [0.05, 0.1) is 12.1 Å². The molecule has 0 atom stereocenters. The van der Waals surface area contributed by atoms with E-state index in [2.05, 4.69) is 26.2 Å². The van der Waals surface area contributed by atoms with Crippen LogP contribution in [0.1, 0.15) is 15.3 Å². The maximum atomic E-state index is 12.9. The van der Waals surface area contributed by atoms with Gasteiger partial charge in [0.15, 0.2) is 0 Å². The van der Waals surface area contributed by atoms with Gasteiger partial charge in [-0.3, -0.25) is 0 Å². The molecule has 2 nitrogen and oxygen atoms in total. The van der Waals surface area contributed by atoms with E-state index in [0.29, 0.717) is 11.0 Å². The molecule has 0 aliphatic rings. The Morgan fingerprint density at radius 1 is 1.37 bits per heavy atom. The van der Waals surface area contributed by atoms with Gasteiger partial charge in [0.1, 0.15) is 5.82 Å². The molecule has 0 amide bonds. The highest BCUT2D eigenvalue weighted by Gasteiger charge is 2.34. The standard InChI is InChI=1S/C12H10BrF3N2S/c1-7-2-3-9(19-7)6-18-11-10(12(14,15)16)4-8(13)5-17-11/h2-5H,6H2,1H3,(H,17,18). The lowest BCUT2D eigenvalue weighted by molar-refractivity contribution is -0.137. The molecule has 0 aromatic carbocycles. The van der Waals surface area contributed by atoms with E-state index in [-0.39, 0.29) is 5.82 Å². The molecule has 19 heavy (non-hydrogen) atoms. The van der Waals surface area contributed by atoms with Crippen LogP contribution in [-0.4, -0.2) is 4.98 Å². The molecule has 0 saturated carbocycles. The van der Waals surface area contributed by atoms with E-state index < -0.39 is 11.7 Å². The van der Waals surface area contributed by atoms with Crippen molar-refractivity contribution in [2.75, 3.05) is 5.32 Å². The molecule has 7 heteroatoms. The number of aryl methyl sites for hydroxylation is 1. The molecular formula is C12H10BrF3N2S. The third kappa shape index (κ3) is 3.70. The third-order valence-corrected chi connectivity index (χ3v) is 3.82. The lowest BCUT2D eigenvalue weighted by atomic mass is 10.2. The van der Waals surface area contributed by atoms with Gasteiger partial charge in [-0.1, -0.05) is 0 Å². The van der Waals surface area contributed by atoms with Gasteiger partial charge in [-0.25, -0.2) is 4.98 Å². The molecule has 0 spiro atoms. The van der Waals surface area contributed by atoms with E-state index in [1.165, 1.54) is 6.20 Å². The van der Waals surface area contributed by atoms with Crippen LogP contribution in [0.4, 0.5) is 19.0 Å². The van der Waals surface area contributed by atoms with Crippen LogP contribution >= 0.6 is 27.3 Å². The fraction of sp³-hybridized carbons (Fsp3) is 0.250. The summed E-state index contributed by atoms with van der Waals surface area (Å²) in [5.74, 6) is -0.151. The molecule has 2 aromatic rings. The molecule has 0 saturated heterocycles. The van der Waals surface area contributed by atoms with Crippen molar-refractivity contribution in [2.24, 2.45) is 0 Å². The highest BCUT2D eigenvalue weighted by molar-refractivity contribution is 9.10. The second-order valence-corrected chi connectivity index (χ2v) is 6.20. The zero-order chi connectivity index (χ0) is 14.0. The van der Waals surface area contributed by atoms with E-state index in [9.17, 15) is 13.2 Å². The molecule has 0 unspecified atom stereocenters. The second-order valence-electron chi connectivity index (χ2n) is 3.91. The zero-order valence-electron chi connectivity index (χ0n) is 9.88. The molecule has 1 N–H and O–H groups in total. The first kappa shape index (κ1) is 14.3. The van der Waals surface area contributed by atoms with Gasteiger partial charge in [0.25, 0.3) is 0 Å². The Hall–Kier alpha value is -1.08. The quantitative estimate of drug-likeness (QED) is 0.856. The number of aromatic nitrogens is 1. The number of halogens is 4. The highest BCUT2D eigenvalue weighted by atomic mass is 79.9. The van der Waals surface area contributed by atoms with Crippen LogP contribution < -0.4 is 5.32 Å². The van der Waals surface area contributed by atoms with Crippen LogP contribution in [0.5, 0.6) is 0 Å². The van der Waals surface area contributed by atoms with E-state index in [4.69, 9.17) is 0 Å². The van der Waals surface area contributed by atoms with Crippen molar-refractivity contribution in [2.45, 2.75) is 19.6 Å². The van der Waals surface area contributed by atoms with Crippen LogP contribution in [-0.2, 0) is 12.7 Å². The van der Waals surface area contributed by atoms with Crippen LogP contribution in [0, 0.1) is 6.92 Å². The average molecular weight is 351 g/mol. The second kappa shape index (κ2) is 5.50. The maximum Gasteiger partial charge on any atom is 0.419 e. The SMILES string of the molecule is Cc1ccc(CNc2ncc(Br)cc2C(F)(F)F)s1. The van der Waals surface area contributed by atoms with Gasteiger partial charge in [-0.05, 0) is 41.1 Å². The Bertz CT molecular complexity index is 581. The van der Waals surface area contributed by atoms with Gasteiger partial charge in [0, 0.05) is 20.4 Å². The van der Waals surface area contributed by atoms with Crippen molar-refractivity contribution in [3.05, 3.63) is 44.2 Å². The third-order valence-electron chi connectivity index (χ3n) is 2.39. The van der Waals surface area contributed by atoms with Crippen molar-refractivity contribution in [3.8, 4) is 0 Å². The first-order chi connectivity index (χ1) is 8.86. The summed E-state index contributed by atoms with van der Waals surface area (Å²) >= 11 is 4.54. The molecule has 2 rings (SSSR count). The number of thiophene rings is 1. The topological polar surface area (TPSA) is 24.9 Å². The number of rotatable bonds is 3. The molecule has 0 aliphatic carbocycles. The Labute approximate surface area is 120 Å². The monoisotopic (exact) mass is 350 g/mol. The fourth-order valence-corrected chi connectivity index (χ4v) is 2.71. The average Bonchev–Trinajstić information content (AvgIpc) is 2.72. The van der Waals surface area contributed by atoms with Crippen LogP contribution in [0.2, 0.25) is 0 Å². The highest BCUT2D eigenvalue weighted by Crippen LogP contribution is 2.35. The predicted octanol–water partition coefficient (Wildman–Crippen LogP) is 4.84. The molecule has 0 bridgehead atoms. The molecule has 102 valence electrons. The van der Waals surface area contributed by atoms with E-state index >= 15 is 0 Å². The van der Waals surface area contributed by atoms with Crippen molar-refractivity contribution >= 4 is 33.1 Å². The summed E-state index contributed by atoms with van der Waals surface area (Å²) in [6.07, 6.45) is -3.08. The van der Waals surface area contributed by atoms with Crippen LogP contribution in [0.25, 0.3) is 0 Å². The molecule has 2 heterocycles. The van der Waals surface area contributed by atoms with Crippen molar-refractivity contribution in [1.82, 2.24) is 4.98 Å². The number of hydrogen-bond donors (Lipinski definition) is 1. The number of hydrogen-bond acceptors (Lipinski definition) is 3. The largest absolute Gasteiger partial charge is 0.419 e. The summed E-state index contributed by atoms with van der Waals surface area (Å²) in [6, 6.07) is 4.84. The number of nitrogens with one attached hydrogen (secondary N) is 1. The predicted molar refractivity (Wildman–Crippen MR) is 73.3 cm³/mol. The minimum absolute atomic E-state index is 0.151. The lowest BCUT2D eigenvalue weighted by Gasteiger charge is -2.13. The van der Waals surface area contributed by atoms with Gasteiger partial charge < -0.3 is 5.32 Å². The summed E-state index contributed by atoms with van der Waals surface area (Å²) in [6.45, 7) is 2.28. The van der Waals surface area contributed by atoms with Gasteiger partial charge in [-0.15, -0.1) is 11.3 Å². The molecule has 0 fully saturated rings. The van der Waals surface area contributed by atoms with Gasteiger partial charge in [-0.2, -0.15) is 13.2 Å². The number of anilines is 1. The minimum Gasteiger partial charge on any atom is -0.365 e. The smallest absolute Gasteiger partial charge is 0.365 e. The summed E-state index contributed by atoms with van der Waals surface area (Å²) in [5.41, 5.74) is -0.768. The Balaban J connectivity index is 2.20. The van der Waals surface area contributed by atoms with Crippen molar-refractivity contribution in [1.29, 1.82) is 0 Å². The fourth-order valence-electron chi connectivity index (χ4n) is 1.55. The number of pyridine rings is 1. The minimum atomic E-state index is -4.43. The van der Waals surface area contributed by atoms with E-state index in [1.807, 2.05) is 19.1 Å². The van der Waals surface area contributed by atoms with Crippen molar-refractivity contribution in [3.63, 3.8) is 0 Å². The summed E-state index contributed by atoms with van der Waals surface area (Å²) in [7, 11) is 0. The van der Waals surface area contributed by atoms with E-state index in [0.717, 1.165) is 15.8 Å². The molecule has 0 aliphatic heterocycles. The lowest BCUT2D eigenvalue weighted by Crippen LogP contribution is -2.12. The Morgan fingerprint density at radius 2 is 2.11 bits per heavy atom. The molecular weight excluding hydrogens is 341 g/mol. The molecule has 0 radical (unpaired) electrons. The number of alkyl halides is 3. The summed E-state index contributed by atoms with van der Waals surface area (Å²) in [5, 5.41) is 2.74. The van der Waals surface area contributed by atoms with Crippen LogP contribution in [0.15, 0.2) is 28.9 Å². The zero-order valence-corrected chi connectivity index (χ0v) is 12.3. The normalized spacial score (nSPS) is 11.6. The van der Waals surface area contributed by atoms with Gasteiger partial charge >= 0.3 is 6.18 Å². The first-order valence-electron chi connectivity index (χ1n) is 5.38. The Morgan fingerprint density at radius 3 is 2.68 bits per heavy atom. The van der Waals surface area contributed by atoms with Crippen molar-refractivity contribution < 1.29 is 13.2 Å². The van der Waals surface area contributed by atoms with Crippen LogP contribution in [0.3, 0.4) is 0 Å². The maximum absolute atomic E-state index is 12.9. The molecule has 2 aromatic heterocycles. The Kier molecular flexibility index (Phi) is 4.15. The first-order valence-corrected chi connectivity index (χ1v) is 6.99. The van der Waals surface area contributed by atoms with E-state index in [1.54, 1.807) is 11.3 Å². The van der Waals surface area contributed by atoms with Gasteiger partial charge in [0.2, 0.25) is 0 Å².